The van der Waals surface area contributed by atoms with Gasteiger partial charge in [0.1, 0.15) is 10.6 Å². The minimum atomic E-state index is -0.524. The molecule has 0 spiro atoms. The number of anilines is 1. The Kier molecular flexibility index (Phi) is 5.99. The molecular weight excluding hydrogens is 410 g/mol. The first-order valence-corrected chi connectivity index (χ1v) is 10.8. The predicted molar refractivity (Wildman–Crippen MR) is 122 cm³/mol. The van der Waals surface area contributed by atoms with Crippen molar-refractivity contribution in [1.82, 2.24) is 20.0 Å². The lowest BCUT2D eigenvalue weighted by Crippen LogP contribution is -2.32. The summed E-state index contributed by atoms with van der Waals surface area (Å²) in [6.45, 7) is 4.13. The lowest BCUT2D eigenvalue weighted by molar-refractivity contribution is 0.102. The summed E-state index contributed by atoms with van der Waals surface area (Å²) in [5, 5.41) is 16.6. The fourth-order valence-corrected chi connectivity index (χ4v) is 3.96. The maximum absolute atomic E-state index is 13.4. The molecule has 8 heteroatoms. The predicted octanol–water partition coefficient (Wildman–Crippen LogP) is 4.26. The van der Waals surface area contributed by atoms with Gasteiger partial charge in [-0.25, -0.2) is 4.68 Å². The summed E-state index contributed by atoms with van der Waals surface area (Å²) in [7, 11) is 0. The van der Waals surface area contributed by atoms with E-state index in [0.29, 0.717) is 22.9 Å². The fourth-order valence-electron chi connectivity index (χ4n) is 3.29. The second-order valence-corrected chi connectivity index (χ2v) is 7.82. The number of carbonyl (C=O) groups excluding carboxylic acids is 1. The summed E-state index contributed by atoms with van der Waals surface area (Å²) in [5.41, 5.74) is 2.23. The first-order valence-electron chi connectivity index (χ1n) is 10.0. The van der Waals surface area contributed by atoms with Crippen molar-refractivity contribution in [2.45, 2.75) is 26.8 Å². The third kappa shape index (κ3) is 4.15. The standard InChI is InChI=1S/C23H21N5O2S/c1-3-17-25-26-23(31-17)24-21(29)19-18(15-11-7-5-8-12-15)20(16-13-9-6-10-14-16)27-28(4-2)22(19)30/h5-14H,3-4H2,1-2H3,(H,24,26,29). The van der Waals surface area contributed by atoms with E-state index in [9.17, 15) is 9.59 Å². The van der Waals surface area contributed by atoms with Gasteiger partial charge < -0.3 is 0 Å². The Morgan fingerprint density at radius 2 is 1.61 bits per heavy atom. The van der Waals surface area contributed by atoms with Crippen LogP contribution in [0.3, 0.4) is 0 Å². The summed E-state index contributed by atoms with van der Waals surface area (Å²) < 4.78 is 1.32. The number of carbonyl (C=O) groups is 1. The quantitative estimate of drug-likeness (QED) is 0.493. The van der Waals surface area contributed by atoms with Crippen molar-refractivity contribution in [2.24, 2.45) is 0 Å². The molecule has 7 nitrogen and oxygen atoms in total. The second-order valence-electron chi connectivity index (χ2n) is 6.76. The zero-order chi connectivity index (χ0) is 21.8. The van der Waals surface area contributed by atoms with Crippen molar-refractivity contribution >= 4 is 22.4 Å². The van der Waals surface area contributed by atoms with E-state index < -0.39 is 11.5 Å². The van der Waals surface area contributed by atoms with Crippen LogP contribution in [0.25, 0.3) is 22.4 Å². The lowest BCUT2D eigenvalue weighted by Gasteiger charge is -2.16. The molecule has 1 amide bonds. The van der Waals surface area contributed by atoms with Gasteiger partial charge in [-0.2, -0.15) is 5.10 Å². The van der Waals surface area contributed by atoms with Gasteiger partial charge in [0.25, 0.3) is 11.5 Å². The average molecular weight is 432 g/mol. The highest BCUT2D eigenvalue weighted by molar-refractivity contribution is 7.15. The molecule has 0 radical (unpaired) electrons. The number of amides is 1. The van der Waals surface area contributed by atoms with Crippen molar-refractivity contribution in [1.29, 1.82) is 0 Å². The minimum absolute atomic E-state index is 0.0372. The first kappa shape index (κ1) is 20.6. The van der Waals surface area contributed by atoms with E-state index in [1.54, 1.807) is 0 Å². The number of hydrogen-bond acceptors (Lipinski definition) is 6. The first-order chi connectivity index (χ1) is 15.1. The molecule has 4 aromatic rings. The Balaban J connectivity index is 1.96. The van der Waals surface area contributed by atoms with Gasteiger partial charge >= 0.3 is 0 Å². The normalized spacial score (nSPS) is 10.8. The Bertz CT molecular complexity index is 1270. The molecule has 1 N–H and O–H groups in total. The summed E-state index contributed by atoms with van der Waals surface area (Å²) in [6.07, 6.45) is 0.721. The molecule has 0 aliphatic heterocycles. The molecule has 2 aromatic carbocycles. The summed E-state index contributed by atoms with van der Waals surface area (Å²) in [4.78, 5) is 26.6. The monoisotopic (exact) mass is 431 g/mol. The number of hydrogen-bond donors (Lipinski definition) is 1. The van der Waals surface area contributed by atoms with E-state index in [1.165, 1.54) is 16.0 Å². The van der Waals surface area contributed by atoms with Gasteiger partial charge in [-0.05, 0) is 18.9 Å². The van der Waals surface area contributed by atoms with Crippen molar-refractivity contribution < 1.29 is 4.79 Å². The SMILES string of the molecule is CCc1nnc(NC(=O)c2c(-c3ccccc3)c(-c3ccccc3)nn(CC)c2=O)s1. The molecule has 2 heterocycles. The number of aromatic nitrogens is 4. The average Bonchev–Trinajstić information content (AvgIpc) is 3.27. The highest BCUT2D eigenvalue weighted by Crippen LogP contribution is 2.32. The maximum Gasteiger partial charge on any atom is 0.280 e. The minimum Gasteiger partial charge on any atom is -0.296 e. The Hall–Kier alpha value is -3.65. The van der Waals surface area contributed by atoms with Gasteiger partial charge in [0.05, 0.1) is 5.69 Å². The highest BCUT2D eigenvalue weighted by Gasteiger charge is 2.25. The number of nitrogens with one attached hydrogen (secondary N) is 1. The molecule has 2 aromatic heterocycles. The van der Waals surface area contributed by atoms with Crippen LogP contribution in [0.2, 0.25) is 0 Å². The van der Waals surface area contributed by atoms with E-state index in [4.69, 9.17) is 0 Å². The number of aryl methyl sites for hydroxylation is 2. The summed E-state index contributed by atoms with van der Waals surface area (Å²) in [5.74, 6) is -0.524. The smallest absolute Gasteiger partial charge is 0.280 e. The van der Waals surface area contributed by atoms with E-state index in [1.807, 2.05) is 74.5 Å². The van der Waals surface area contributed by atoms with Crippen LogP contribution in [0.4, 0.5) is 5.13 Å². The van der Waals surface area contributed by atoms with Crippen LogP contribution in [0.15, 0.2) is 65.5 Å². The maximum atomic E-state index is 13.4. The van der Waals surface area contributed by atoms with E-state index in [0.717, 1.165) is 22.6 Å². The summed E-state index contributed by atoms with van der Waals surface area (Å²) >= 11 is 1.30. The molecule has 0 atom stereocenters. The van der Waals surface area contributed by atoms with Crippen LogP contribution in [0.1, 0.15) is 29.2 Å². The van der Waals surface area contributed by atoms with Gasteiger partial charge in [-0.15, -0.1) is 10.2 Å². The van der Waals surface area contributed by atoms with E-state index in [2.05, 4.69) is 20.6 Å². The summed E-state index contributed by atoms with van der Waals surface area (Å²) in [6, 6.07) is 18.9. The van der Waals surface area contributed by atoms with Crippen LogP contribution in [0, 0.1) is 0 Å². The molecule has 0 bridgehead atoms. The molecule has 156 valence electrons. The van der Waals surface area contributed by atoms with Crippen LogP contribution in [-0.4, -0.2) is 25.9 Å². The van der Waals surface area contributed by atoms with Crippen molar-refractivity contribution in [3.63, 3.8) is 0 Å². The van der Waals surface area contributed by atoms with E-state index >= 15 is 0 Å². The number of benzene rings is 2. The molecule has 0 aliphatic rings. The molecule has 4 rings (SSSR count). The topological polar surface area (TPSA) is 89.8 Å². The van der Waals surface area contributed by atoms with Crippen LogP contribution in [-0.2, 0) is 13.0 Å². The largest absolute Gasteiger partial charge is 0.296 e. The van der Waals surface area contributed by atoms with E-state index in [-0.39, 0.29) is 5.56 Å². The molecule has 0 saturated heterocycles. The van der Waals surface area contributed by atoms with Gasteiger partial charge in [-0.3, -0.25) is 14.9 Å². The van der Waals surface area contributed by atoms with Gasteiger partial charge in [0, 0.05) is 17.7 Å². The van der Waals surface area contributed by atoms with Gasteiger partial charge in [0.2, 0.25) is 5.13 Å². The molecule has 0 saturated carbocycles. The fraction of sp³-hybridized carbons (Fsp3) is 0.174. The third-order valence-electron chi connectivity index (χ3n) is 4.78. The Labute approximate surface area is 183 Å². The molecular formula is C23H21N5O2S. The molecule has 0 aliphatic carbocycles. The second kappa shape index (κ2) is 9.01. The Morgan fingerprint density at radius 3 is 2.19 bits per heavy atom. The van der Waals surface area contributed by atoms with Crippen LogP contribution < -0.4 is 10.9 Å². The van der Waals surface area contributed by atoms with Gasteiger partial charge in [0.15, 0.2) is 0 Å². The molecule has 0 unspecified atom stereocenters. The van der Waals surface area contributed by atoms with Gasteiger partial charge in [-0.1, -0.05) is 78.9 Å². The highest BCUT2D eigenvalue weighted by atomic mass is 32.1. The van der Waals surface area contributed by atoms with Crippen molar-refractivity contribution in [2.75, 3.05) is 5.32 Å². The molecule has 31 heavy (non-hydrogen) atoms. The zero-order valence-corrected chi connectivity index (χ0v) is 18.0. The van der Waals surface area contributed by atoms with Crippen LogP contribution >= 0.6 is 11.3 Å². The van der Waals surface area contributed by atoms with Crippen molar-refractivity contribution in [3.05, 3.63) is 81.6 Å². The Morgan fingerprint density at radius 1 is 0.968 bits per heavy atom. The third-order valence-corrected chi connectivity index (χ3v) is 5.76. The van der Waals surface area contributed by atoms with Crippen molar-refractivity contribution in [3.8, 4) is 22.4 Å². The zero-order valence-electron chi connectivity index (χ0n) is 17.2. The number of rotatable bonds is 6. The molecule has 0 fully saturated rings. The lowest BCUT2D eigenvalue weighted by atomic mass is 9.95. The van der Waals surface area contributed by atoms with Crippen LogP contribution in [0.5, 0.6) is 0 Å². The number of nitrogens with zero attached hydrogens (tertiary/aromatic N) is 4.